The summed E-state index contributed by atoms with van der Waals surface area (Å²) in [6.45, 7) is 18.9. The smallest absolute Gasteiger partial charge is 0.263 e. The molecule has 0 aliphatic heterocycles. The predicted molar refractivity (Wildman–Crippen MR) is 242 cm³/mol. The Morgan fingerprint density at radius 1 is 0.596 bits per heavy atom. The van der Waals surface area contributed by atoms with Crippen LogP contribution in [-0.2, 0) is 5.41 Å². The van der Waals surface area contributed by atoms with Gasteiger partial charge in [0.25, 0.3) is 5.56 Å². The summed E-state index contributed by atoms with van der Waals surface area (Å²) in [6.07, 6.45) is 9.66. The van der Waals surface area contributed by atoms with E-state index in [0.717, 1.165) is 88.3 Å². The van der Waals surface area contributed by atoms with Crippen molar-refractivity contribution in [3.63, 3.8) is 0 Å². The Balaban J connectivity index is 1.07. The number of nitrogens with zero attached hydrogens (tertiary/aromatic N) is 2. The summed E-state index contributed by atoms with van der Waals surface area (Å²) in [5.41, 5.74) is 16.4. The van der Waals surface area contributed by atoms with E-state index in [-0.39, 0.29) is 11.0 Å². The fraction of sp³-hybridized carbons (Fsp3) is 0.0755. The fourth-order valence-electron chi connectivity index (χ4n) is 9.90. The molecule has 0 spiro atoms. The molecule has 1 aliphatic rings. The van der Waals surface area contributed by atoms with Gasteiger partial charge < -0.3 is 8.98 Å². The SMILES string of the molecule is C=Cc1c(C=C)c2cccc3c4cc(-c5ccc6c(c5)oc5cc(-n7c(/C=C\C)c(C=C)c8cc9c(cc87)C(C)(C)c7ccccc7-9)ccc56)ccc4n(c1=O)c23. The third kappa shape index (κ3) is 4.30. The molecule has 0 saturated carbocycles. The van der Waals surface area contributed by atoms with Crippen LogP contribution in [0.1, 0.15) is 54.3 Å². The Morgan fingerprint density at radius 3 is 2.11 bits per heavy atom. The van der Waals surface area contributed by atoms with Gasteiger partial charge in [-0.05, 0) is 100 Å². The fourth-order valence-corrected chi connectivity index (χ4v) is 9.90. The number of rotatable bonds is 6. The number of para-hydroxylation sites is 1. The summed E-state index contributed by atoms with van der Waals surface area (Å²) in [4.78, 5) is 13.8. The molecule has 6 aromatic carbocycles. The molecule has 4 nitrogen and oxygen atoms in total. The molecule has 0 unspecified atom stereocenters. The van der Waals surface area contributed by atoms with E-state index in [1.54, 1.807) is 12.2 Å². The molecule has 11 rings (SSSR count). The highest BCUT2D eigenvalue weighted by Gasteiger charge is 2.36. The van der Waals surface area contributed by atoms with Crippen molar-refractivity contribution in [2.75, 3.05) is 0 Å². The molecule has 0 bridgehead atoms. The van der Waals surface area contributed by atoms with Crippen molar-refractivity contribution in [2.24, 2.45) is 0 Å². The third-order valence-electron chi connectivity index (χ3n) is 12.5. The monoisotopic (exact) mass is 734 g/mol. The van der Waals surface area contributed by atoms with Gasteiger partial charge in [0.15, 0.2) is 0 Å². The van der Waals surface area contributed by atoms with Gasteiger partial charge in [-0.25, -0.2) is 0 Å². The van der Waals surface area contributed by atoms with Crippen LogP contribution in [0.25, 0.3) is 112 Å². The zero-order chi connectivity index (χ0) is 38.9. The highest BCUT2D eigenvalue weighted by atomic mass is 16.3. The number of furan rings is 1. The Hall–Kier alpha value is -7.17. The molecule has 272 valence electrons. The lowest BCUT2D eigenvalue weighted by molar-refractivity contribution is 0.661. The first-order chi connectivity index (χ1) is 27.8. The zero-order valence-corrected chi connectivity index (χ0v) is 32.1. The number of hydrogen-bond donors (Lipinski definition) is 0. The van der Waals surface area contributed by atoms with Gasteiger partial charge in [-0.2, -0.15) is 0 Å². The van der Waals surface area contributed by atoms with Crippen LogP contribution in [0.5, 0.6) is 0 Å². The summed E-state index contributed by atoms with van der Waals surface area (Å²) in [5, 5.41) is 6.35. The minimum absolute atomic E-state index is 0.0841. The average molecular weight is 735 g/mol. The van der Waals surface area contributed by atoms with Gasteiger partial charge in [-0.3, -0.25) is 9.20 Å². The number of hydrogen-bond acceptors (Lipinski definition) is 2. The molecule has 57 heavy (non-hydrogen) atoms. The van der Waals surface area contributed by atoms with Crippen molar-refractivity contribution >= 4 is 84.3 Å². The van der Waals surface area contributed by atoms with Crippen LogP contribution in [-0.4, -0.2) is 8.97 Å². The maximum absolute atomic E-state index is 13.8. The molecular formula is C53H38N2O2. The highest BCUT2D eigenvalue weighted by molar-refractivity contribution is 6.17. The van der Waals surface area contributed by atoms with Gasteiger partial charge in [-0.15, -0.1) is 0 Å². The van der Waals surface area contributed by atoms with E-state index >= 15 is 0 Å². The topological polar surface area (TPSA) is 39.5 Å². The maximum atomic E-state index is 13.8. The van der Waals surface area contributed by atoms with Gasteiger partial charge in [0, 0.05) is 60.6 Å². The minimum Gasteiger partial charge on any atom is -0.456 e. The van der Waals surface area contributed by atoms with E-state index < -0.39 is 0 Å². The Morgan fingerprint density at radius 2 is 1.32 bits per heavy atom. The molecule has 4 aromatic heterocycles. The summed E-state index contributed by atoms with van der Waals surface area (Å²) in [5.74, 6) is 0. The van der Waals surface area contributed by atoms with Crippen LogP contribution >= 0.6 is 0 Å². The van der Waals surface area contributed by atoms with Crippen molar-refractivity contribution < 1.29 is 4.42 Å². The summed E-state index contributed by atoms with van der Waals surface area (Å²) in [7, 11) is 0. The van der Waals surface area contributed by atoms with Crippen molar-refractivity contribution in [3.8, 4) is 27.9 Å². The maximum Gasteiger partial charge on any atom is 0.263 e. The van der Waals surface area contributed by atoms with Crippen LogP contribution in [0, 0.1) is 0 Å². The third-order valence-corrected chi connectivity index (χ3v) is 12.5. The second kappa shape index (κ2) is 11.7. The number of allylic oxidation sites excluding steroid dienone is 1. The van der Waals surface area contributed by atoms with Crippen LogP contribution in [0.15, 0.2) is 144 Å². The van der Waals surface area contributed by atoms with Gasteiger partial charge in [-0.1, -0.05) is 112 Å². The molecule has 1 aliphatic carbocycles. The molecule has 4 heterocycles. The minimum atomic E-state index is -0.122. The Bertz CT molecular complexity index is 3530. The first-order valence-corrected chi connectivity index (χ1v) is 19.4. The summed E-state index contributed by atoms with van der Waals surface area (Å²) in [6, 6.07) is 39.1. The van der Waals surface area contributed by atoms with Crippen LogP contribution in [0.3, 0.4) is 0 Å². The van der Waals surface area contributed by atoms with E-state index in [1.807, 2.05) is 16.5 Å². The van der Waals surface area contributed by atoms with Crippen LogP contribution < -0.4 is 5.56 Å². The van der Waals surface area contributed by atoms with Crippen molar-refractivity contribution in [1.82, 2.24) is 8.97 Å². The molecule has 0 atom stereocenters. The Labute approximate surface area is 329 Å². The van der Waals surface area contributed by atoms with Gasteiger partial charge in [0.1, 0.15) is 11.2 Å². The van der Waals surface area contributed by atoms with Crippen molar-refractivity contribution in [3.05, 3.63) is 179 Å². The summed E-state index contributed by atoms with van der Waals surface area (Å²) >= 11 is 0. The lowest BCUT2D eigenvalue weighted by Gasteiger charge is -2.21. The molecule has 0 radical (unpaired) electrons. The van der Waals surface area contributed by atoms with Crippen LogP contribution in [0.2, 0.25) is 0 Å². The second-order valence-electron chi connectivity index (χ2n) is 15.7. The van der Waals surface area contributed by atoms with Gasteiger partial charge >= 0.3 is 0 Å². The van der Waals surface area contributed by atoms with Crippen LogP contribution in [0.4, 0.5) is 0 Å². The molecule has 10 aromatic rings. The highest BCUT2D eigenvalue weighted by Crippen LogP contribution is 2.51. The molecule has 0 amide bonds. The van der Waals surface area contributed by atoms with Crippen molar-refractivity contribution in [2.45, 2.75) is 26.2 Å². The molecule has 0 N–H and O–H groups in total. The number of benzene rings is 6. The standard InChI is InChI=1S/C53H38N2O2/c1-7-14-46-34(9-3)43-28-41-36-15-11-12-18-44(36)53(5,6)45(41)29-48(43)54(46)32-21-23-38-37-22-19-31(26-49(37)57-50(38)27-32)30-20-24-47-42(25-30)40-17-13-16-39-33(8-2)35(10-4)52(56)55(47)51(39)40/h7-29H,2-4H2,1,5-6H3/b14-7-. The first-order valence-electron chi connectivity index (χ1n) is 19.4. The molecule has 0 saturated heterocycles. The Kier molecular flexibility index (Phi) is 6.80. The van der Waals surface area contributed by atoms with E-state index in [4.69, 9.17) is 4.42 Å². The van der Waals surface area contributed by atoms with E-state index in [2.05, 4.69) is 160 Å². The van der Waals surface area contributed by atoms with E-state index in [0.29, 0.717) is 5.56 Å². The second-order valence-corrected chi connectivity index (χ2v) is 15.7. The number of pyridine rings is 1. The quantitative estimate of drug-likeness (QED) is 0.171. The number of fused-ring (bicyclic) bond motifs is 10. The van der Waals surface area contributed by atoms with E-state index in [1.165, 1.54) is 27.6 Å². The van der Waals surface area contributed by atoms with Gasteiger partial charge in [0.2, 0.25) is 0 Å². The normalized spacial score (nSPS) is 13.5. The molecule has 0 fully saturated rings. The number of aromatic nitrogens is 2. The lowest BCUT2D eigenvalue weighted by atomic mass is 9.82. The van der Waals surface area contributed by atoms with Crippen molar-refractivity contribution in [1.29, 1.82) is 0 Å². The average Bonchev–Trinajstić information content (AvgIpc) is 3.93. The zero-order valence-electron chi connectivity index (χ0n) is 32.1. The lowest BCUT2D eigenvalue weighted by Crippen LogP contribution is -2.17. The summed E-state index contributed by atoms with van der Waals surface area (Å²) < 4.78 is 10.9. The molecule has 4 heteroatoms. The predicted octanol–water partition coefficient (Wildman–Crippen LogP) is 13.8. The molecular weight excluding hydrogens is 697 g/mol. The van der Waals surface area contributed by atoms with Gasteiger partial charge in [0.05, 0.1) is 22.2 Å². The van der Waals surface area contributed by atoms with E-state index in [9.17, 15) is 4.79 Å². The first kappa shape index (κ1) is 33.2. The largest absolute Gasteiger partial charge is 0.456 e.